The molecule has 0 radical (unpaired) electrons. The number of nitriles is 2. The van der Waals surface area contributed by atoms with Crippen molar-refractivity contribution in [2.75, 3.05) is 18.5 Å². The average Bonchev–Trinajstić information content (AvgIpc) is 2.98. The Morgan fingerprint density at radius 3 is 2.54 bits per heavy atom. The minimum Gasteiger partial charge on any atom is -0.362 e. The van der Waals surface area contributed by atoms with Crippen LogP contribution in [0.3, 0.4) is 0 Å². The van der Waals surface area contributed by atoms with Crippen molar-refractivity contribution >= 4 is 23.2 Å². The summed E-state index contributed by atoms with van der Waals surface area (Å²) in [6.07, 6.45) is 0.406. The molecule has 2 aromatic carbocycles. The van der Waals surface area contributed by atoms with Gasteiger partial charge in [-0.05, 0) is 29.8 Å². The molecule has 3 rings (SSSR count). The summed E-state index contributed by atoms with van der Waals surface area (Å²) in [6.45, 7) is 1.09. The van der Waals surface area contributed by atoms with Crippen molar-refractivity contribution in [3.63, 3.8) is 0 Å². The third-order valence-corrected chi connectivity index (χ3v) is 4.96. The zero-order valence-electron chi connectivity index (χ0n) is 14.3. The van der Waals surface area contributed by atoms with E-state index in [4.69, 9.17) is 16.9 Å². The van der Waals surface area contributed by atoms with Gasteiger partial charge in [-0.1, -0.05) is 29.8 Å². The zero-order valence-corrected chi connectivity index (χ0v) is 15.1. The van der Waals surface area contributed by atoms with Gasteiger partial charge in [-0.25, -0.2) is 0 Å². The summed E-state index contributed by atoms with van der Waals surface area (Å²) >= 11 is 6.22. The molecule has 6 heteroatoms. The Balaban J connectivity index is 2.00. The predicted octanol–water partition coefficient (Wildman–Crippen LogP) is 3.32. The second kappa shape index (κ2) is 7.47. The topological polar surface area (TPSA) is 71.1 Å². The summed E-state index contributed by atoms with van der Waals surface area (Å²) in [5.41, 5.74) is 2.73. The Labute approximate surface area is 157 Å². The van der Waals surface area contributed by atoms with Crippen LogP contribution in [0.25, 0.3) is 0 Å². The molecule has 5 nitrogen and oxygen atoms in total. The van der Waals surface area contributed by atoms with E-state index in [-0.39, 0.29) is 11.9 Å². The van der Waals surface area contributed by atoms with E-state index in [0.29, 0.717) is 35.7 Å². The standard InChI is InChI=1S/C20H17ClN4O/c1-24-13-18(9-20(24)26)25(12-16-5-3-2-4-14(16)10-22)17-7-6-15(11-23)19(21)8-17/h2-8,18H,9,12-13H2,1H3/t18-/m0/s1. The van der Waals surface area contributed by atoms with Crippen LogP contribution in [0.15, 0.2) is 42.5 Å². The van der Waals surface area contributed by atoms with Gasteiger partial charge in [0.05, 0.1) is 28.3 Å². The third kappa shape index (κ3) is 3.49. The lowest BCUT2D eigenvalue weighted by Gasteiger charge is -2.31. The van der Waals surface area contributed by atoms with Gasteiger partial charge in [0.15, 0.2) is 0 Å². The van der Waals surface area contributed by atoms with Gasteiger partial charge in [-0.15, -0.1) is 0 Å². The Morgan fingerprint density at radius 1 is 1.19 bits per heavy atom. The van der Waals surface area contributed by atoms with Crippen LogP contribution in [0, 0.1) is 22.7 Å². The number of rotatable bonds is 4. The number of anilines is 1. The lowest BCUT2D eigenvalue weighted by molar-refractivity contribution is -0.126. The Hall–Kier alpha value is -3.02. The van der Waals surface area contributed by atoms with Crippen LogP contribution >= 0.6 is 11.6 Å². The number of hydrogen-bond donors (Lipinski definition) is 0. The van der Waals surface area contributed by atoms with Crippen molar-refractivity contribution in [3.05, 3.63) is 64.2 Å². The number of hydrogen-bond acceptors (Lipinski definition) is 4. The van der Waals surface area contributed by atoms with E-state index in [1.165, 1.54) is 0 Å². The molecule has 0 bridgehead atoms. The molecule has 1 heterocycles. The number of carbonyl (C=O) groups excluding carboxylic acids is 1. The highest BCUT2D eigenvalue weighted by atomic mass is 35.5. The first kappa shape index (κ1) is 17.8. The summed E-state index contributed by atoms with van der Waals surface area (Å²) in [6, 6.07) is 16.9. The number of halogens is 1. The van der Waals surface area contributed by atoms with Crippen LogP contribution in [-0.2, 0) is 11.3 Å². The Bertz CT molecular complexity index is 928. The van der Waals surface area contributed by atoms with E-state index in [9.17, 15) is 10.1 Å². The van der Waals surface area contributed by atoms with E-state index >= 15 is 0 Å². The van der Waals surface area contributed by atoms with E-state index in [2.05, 4.69) is 17.0 Å². The fourth-order valence-electron chi connectivity index (χ4n) is 3.20. The minimum absolute atomic E-state index is 0.0248. The number of carbonyl (C=O) groups is 1. The molecule has 0 unspecified atom stereocenters. The van der Waals surface area contributed by atoms with Gasteiger partial charge in [0.25, 0.3) is 0 Å². The van der Waals surface area contributed by atoms with E-state index in [1.807, 2.05) is 24.3 Å². The third-order valence-electron chi connectivity index (χ3n) is 4.64. The van der Waals surface area contributed by atoms with Crippen molar-refractivity contribution in [2.45, 2.75) is 19.0 Å². The molecule has 26 heavy (non-hydrogen) atoms. The molecule has 1 saturated heterocycles. The summed E-state index contributed by atoms with van der Waals surface area (Å²) in [7, 11) is 1.79. The highest BCUT2D eigenvalue weighted by molar-refractivity contribution is 6.32. The minimum atomic E-state index is -0.0248. The lowest BCUT2D eigenvalue weighted by Crippen LogP contribution is -2.37. The maximum atomic E-state index is 12.0. The molecule has 0 N–H and O–H groups in total. The Morgan fingerprint density at radius 2 is 1.92 bits per heavy atom. The Kier molecular flexibility index (Phi) is 5.11. The molecular weight excluding hydrogens is 348 g/mol. The molecule has 1 aliphatic rings. The molecule has 2 aromatic rings. The summed E-state index contributed by atoms with van der Waals surface area (Å²) in [5, 5.41) is 18.8. The van der Waals surface area contributed by atoms with E-state index in [0.717, 1.165) is 11.3 Å². The van der Waals surface area contributed by atoms with Gasteiger partial charge < -0.3 is 9.80 Å². The first-order chi connectivity index (χ1) is 12.5. The number of nitrogens with zero attached hydrogens (tertiary/aromatic N) is 4. The number of amides is 1. The smallest absolute Gasteiger partial charge is 0.224 e. The van der Waals surface area contributed by atoms with Gasteiger partial charge in [0.2, 0.25) is 5.91 Å². The van der Waals surface area contributed by atoms with Crippen LogP contribution in [-0.4, -0.2) is 30.4 Å². The number of benzene rings is 2. The predicted molar refractivity (Wildman–Crippen MR) is 99.5 cm³/mol. The average molecular weight is 365 g/mol. The second-order valence-electron chi connectivity index (χ2n) is 6.31. The van der Waals surface area contributed by atoms with E-state index < -0.39 is 0 Å². The highest BCUT2D eigenvalue weighted by Gasteiger charge is 2.32. The van der Waals surface area contributed by atoms with Crippen LogP contribution in [0.1, 0.15) is 23.1 Å². The SMILES string of the molecule is CN1C[C@@H](N(Cc2ccccc2C#N)c2ccc(C#N)c(Cl)c2)CC1=O. The molecule has 0 saturated carbocycles. The number of likely N-dealkylation sites (tertiary alicyclic amines) is 1. The van der Waals surface area contributed by atoms with E-state index in [1.54, 1.807) is 30.1 Å². The maximum absolute atomic E-state index is 12.0. The molecule has 0 spiro atoms. The molecule has 1 aliphatic heterocycles. The first-order valence-electron chi connectivity index (χ1n) is 8.21. The van der Waals surface area contributed by atoms with Gasteiger partial charge in [0, 0.05) is 32.2 Å². The molecule has 1 amide bonds. The number of likely N-dealkylation sites (N-methyl/N-ethyl adjacent to an activating group) is 1. The molecule has 0 aromatic heterocycles. The monoisotopic (exact) mass is 364 g/mol. The van der Waals surface area contributed by atoms with Crippen molar-refractivity contribution in [3.8, 4) is 12.1 Å². The van der Waals surface area contributed by atoms with Gasteiger partial charge in [-0.2, -0.15) is 10.5 Å². The molecule has 1 atom stereocenters. The second-order valence-corrected chi connectivity index (χ2v) is 6.71. The van der Waals surface area contributed by atoms with Gasteiger partial charge in [0.1, 0.15) is 6.07 Å². The fourth-order valence-corrected chi connectivity index (χ4v) is 3.42. The molecular formula is C20H17ClN4O. The normalized spacial score (nSPS) is 16.2. The lowest BCUT2D eigenvalue weighted by atomic mass is 10.1. The van der Waals surface area contributed by atoms with Crippen molar-refractivity contribution in [1.82, 2.24) is 4.90 Å². The molecule has 0 aliphatic carbocycles. The van der Waals surface area contributed by atoms with Crippen LogP contribution < -0.4 is 4.90 Å². The first-order valence-corrected chi connectivity index (χ1v) is 8.59. The van der Waals surface area contributed by atoms with Crippen molar-refractivity contribution < 1.29 is 4.79 Å². The van der Waals surface area contributed by atoms with Gasteiger partial charge in [-0.3, -0.25) is 4.79 Å². The quantitative estimate of drug-likeness (QED) is 0.834. The van der Waals surface area contributed by atoms with Crippen molar-refractivity contribution in [2.24, 2.45) is 0 Å². The molecule has 130 valence electrons. The highest BCUT2D eigenvalue weighted by Crippen LogP contribution is 2.29. The summed E-state index contributed by atoms with van der Waals surface area (Å²) < 4.78 is 0. The maximum Gasteiger partial charge on any atom is 0.224 e. The molecule has 1 fully saturated rings. The van der Waals surface area contributed by atoms with Crippen molar-refractivity contribution in [1.29, 1.82) is 10.5 Å². The fraction of sp³-hybridized carbons (Fsp3) is 0.250. The summed E-state index contributed by atoms with van der Waals surface area (Å²) in [4.78, 5) is 15.8. The van der Waals surface area contributed by atoms with Crippen LogP contribution in [0.4, 0.5) is 5.69 Å². The van der Waals surface area contributed by atoms with Crippen LogP contribution in [0.5, 0.6) is 0 Å². The zero-order chi connectivity index (χ0) is 18.7. The summed E-state index contributed by atoms with van der Waals surface area (Å²) in [5.74, 6) is 0.0910. The van der Waals surface area contributed by atoms with Gasteiger partial charge >= 0.3 is 0 Å². The largest absolute Gasteiger partial charge is 0.362 e. The van der Waals surface area contributed by atoms with Crippen LogP contribution in [0.2, 0.25) is 5.02 Å².